The summed E-state index contributed by atoms with van der Waals surface area (Å²) in [5, 5.41) is 5.54. The smallest absolute Gasteiger partial charge is 0.255 e. The third-order valence-electron chi connectivity index (χ3n) is 3.50. The lowest BCUT2D eigenvalue weighted by Gasteiger charge is -2.19. The Balaban J connectivity index is 1.90. The fourth-order valence-corrected chi connectivity index (χ4v) is 2.46. The minimum absolute atomic E-state index is 0.133. The highest BCUT2D eigenvalue weighted by molar-refractivity contribution is 7.98. The van der Waals surface area contributed by atoms with Crippen LogP contribution in [-0.4, -0.2) is 24.1 Å². The minimum atomic E-state index is -0.634. The van der Waals surface area contributed by atoms with Gasteiger partial charge in [0.2, 0.25) is 5.91 Å². The molecule has 0 saturated carbocycles. The van der Waals surface area contributed by atoms with Crippen molar-refractivity contribution in [3.63, 3.8) is 0 Å². The summed E-state index contributed by atoms with van der Waals surface area (Å²) >= 11 is 1.67. The average Bonchev–Trinajstić information content (AvgIpc) is 3.09. The highest BCUT2D eigenvalue weighted by Gasteiger charge is 2.19. The number of rotatable bonds is 6. The number of thioether (sulfide) groups is 1. The number of carbonyl (C=O) groups excluding carboxylic acids is 2. The topological polar surface area (TPSA) is 71.3 Å². The summed E-state index contributed by atoms with van der Waals surface area (Å²) in [7, 11) is 0. The van der Waals surface area contributed by atoms with Crippen LogP contribution in [0.2, 0.25) is 0 Å². The standard InChI is InChI=1S/C17H20N2O3S/c1-11(13-4-6-15(23-3)7-5-13)18-16(20)12(2)19-17(21)14-8-9-22-10-14/h4-12H,1-3H3,(H,18,20)(H,19,21)/t11-,12+/m0/s1. The summed E-state index contributed by atoms with van der Waals surface area (Å²) in [5.74, 6) is -0.568. The molecule has 2 N–H and O–H groups in total. The molecule has 0 aliphatic carbocycles. The van der Waals surface area contributed by atoms with Gasteiger partial charge in [0.1, 0.15) is 12.3 Å². The van der Waals surface area contributed by atoms with Crippen molar-refractivity contribution >= 4 is 23.6 Å². The molecule has 0 unspecified atom stereocenters. The predicted molar refractivity (Wildman–Crippen MR) is 90.4 cm³/mol. The van der Waals surface area contributed by atoms with Crippen LogP contribution in [0.5, 0.6) is 0 Å². The first-order chi connectivity index (χ1) is 11.0. The van der Waals surface area contributed by atoms with Crippen LogP contribution in [0.1, 0.15) is 35.8 Å². The first-order valence-electron chi connectivity index (χ1n) is 7.28. The minimum Gasteiger partial charge on any atom is -0.472 e. The van der Waals surface area contributed by atoms with Gasteiger partial charge < -0.3 is 15.1 Å². The van der Waals surface area contributed by atoms with E-state index in [-0.39, 0.29) is 17.9 Å². The second kappa shape index (κ2) is 7.87. The van der Waals surface area contributed by atoms with Gasteiger partial charge in [0.25, 0.3) is 5.91 Å². The maximum Gasteiger partial charge on any atom is 0.255 e. The van der Waals surface area contributed by atoms with Crippen molar-refractivity contribution in [2.45, 2.75) is 30.8 Å². The Morgan fingerprint density at radius 2 is 1.78 bits per heavy atom. The van der Waals surface area contributed by atoms with Gasteiger partial charge in [0.15, 0.2) is 0 Å². The van der Waals surface area contributed by atoms with Crippen LogP contribution in [0.3, 0.4) is 0 Å². The number of hydrogen-bond acceptors (Lipinski definition) is 4. The van der Waals surface area contributed by atoms with Crippen LogP contribution in [0.15, 0.2) is 52.2 Å². The molecule has 2 atom stereocenters. The largest absolute Gasteiger partial charge is 0.472 e. The lowest BCUT2D eigenvalue weighted by atomic mass is 10.1. The van der Waals surface area contributed by atoms with E-state index in [2.05, 4.69) is 10.6 Å². The molecule has 122 valence electrons. The van der Waals surface area contributed by atoms with Gasteiger partial charge >= 0.3 is 0 Å². The number of benzene rings is 1. The molecular weight excluding hydrogens is 312 g/mol. The zero-order valence-corrected chi connectivity index (χ0v) is 14.1. The molecule has 0 radical (unpaired) electrons. The molecule has 0 saturated heterocycles. The summed E-state index contributed by atoms with van der Waals surface area (Å²) in [4.78, 5) is 25.3. The Bertz CT molecular complexity index is 653. The lowest BCUT2D eigenvalue weighted by molar-refractivity contribution is -0.123. The number of carbonyl (C=O) groups is 2. The molecule has 2 aromatic rings. The van der Waals surface area contributed by atoms with Crippen molar-refractivity contribution in [1.82, 2.24) is 10.6 Å². The van der Waals surface area contributed by atoms with E-state index in [1.54, 1.807) is 24.8 Å². The van der Waals surface area contributed by atoms with Crippen molar-refractivity contribution in [2.75, 3.05) is 6.26 Å². The molecule has 1 heterocycles. The second-order valence-electron chi connectivity index (χ2n) is 5.21. The van der Waals surface area contributed by atoms with Gasteiger partial charge in [-0.3, -0.25) is 9.59 Å². The third kappa shape index (κ3) is 4.63. The Morgan fingerprint density at radius 3 is 2.35 bits per heavy atom. The van der Waals surface area contributed by atoms with Crippen LogP contribution >= 0.6 is 11.8 Å². The summed E-state index contributed by atoms with van der Waals surface area (Å²) in [5.41, 5.74) is 1.41. The van der Waals surface area contributed by atoms with Crippen molar-refractivity contribution in [1.29, 1.82) is 0 Å². The fourth-order valence-electron chi connectivity index (χ4n) is 2.05. The molecule has 0 fully saturated rings. The highest BCUT2D eigenvalue weighted by atomic mass is 32.2. The van der Waals surface area contributed by atoms with Crippen molar-refractivity contribution in [2.24, 2.45) is 0 Å². The van der Waals surface area contributed by atoms with Crippen molar-refractivity contribution in [3.05, 3.63) is 54.0 Å². The molecule has 2 rings (SSSR count). The summed E-state index contributed by atoms with van der Waals surface area (Å²) in [6.45, 7) is 3.56. The second-order valence-corrected chi connectivity index (χ2v) is 6.09. The molecule has 23 heavy (non-hydrogen) atoms. The first kappa shape index (κ1) is 17.1. The van der Waals surface area contributed by atoms with E-state index in [0.29, 0.717) is 5.56 Å². The molecule has 0 spiro atoms. The van der Waals surface area contributed by atoms with Crippen LogP contribution in [0.25, 0.3) is 0 Å². The first-order valence-corrected chi connectivity index (χ1v) is 8.51. The Kier molecular flexibility index (Phi) is 5.87. The Morgan fingerprint density at radius 1 is 1.09 bits per heavy atom. The van der Waals surface area contributed by atoms with Gasteiger partial charge in [-0.05, 0) is 43.9 Å². The summed E-state index contributed by atoms with van der Waals surface area (Å²) in [6, 6.07) is 8.81. The number of nitrogens with one attached hydrogen (secondary N) is 2. The Labute approximate surface area is 139 Å². The van der Waals surface area contributed by atoms with Crippen molar-refractivity contribution in [3.8, 4) is 0 Å². The average molecular weight is 332 g/mol. The normalized spacial score (nSPS) is 13.2. The van der Waals surface area contributed by atoms with E-state index in [1.807, 2.05) is 37.4 Å². The quantitative estimate of drug-likeness (QED) is 0.798. The van der Waals surface area contributed by atoms with Crippen molar-refractivity contribution < 1.29 is 14.0 Å². The van der Waals surface area contributed by atoms with Gasteiger partial charge in [-0.2, -0.15) is 0 Å². The number of hydrogen-bond donors (Lipinski definition) is 2. The summed E-state index contributed by atoms with van der Waals surface area (Å²) in [6.07, 6.45) is 4.78. The SMILES string of the molecule is CSc1ccc([C@H](C)NC(=O)[C@@H](C)NC(=O)c2ccoc2)cc1. The molecule has 5 nitrogen and oxygen atoms in total. The fraction of sp³-hybridized carbons (Fsp3) is 0.294. The zero-order chi connectivity index (χ0) is 16.8. The van der Waals surface area contributed by atoms with Gasteiger partial charge in [0, 0.05) is 4.90 Å². The number of furan rings is 1. The van der Waals surface area contributed by atoms with E-state index in [1.165, 1.54) is 17.4 Å². The molecule has 0 aliphatic heterocycles. The molecule has 0 bridgehead atoms. The van der Waals surface area contributed by atoms with E-state index in [9.17, 15) is 9.59 Å². The molecular formula is C17H20N2O3S. The third-order valence-corrected chi connectivity index (χ3v) is 4.24. The van der Waals surface area contributed by atoms with E-state index in [4.69, 9.17) is 4.42 Å². The number of amides is 2. The maximum absolute atomic E-state index is 12.2. The van der Waals surface area contributed by atoms with Crippen LogP contribution in [0, 0.1) is 0 Å². The van der Waals surface area contributed by atoms with E-state index in [0.717, 1.165) is 5.56 Å². The van der Waals surface area contributed by atoms with Gasteiger partial charge in [-0.1, -0.05) is 12.1 Å². The molecule has 1 aromatic heterocycles. The van der Waals surface area contributed by atoms with Crippen LogP contribution < -0.4 is 10.6 Å². The van der Waals surface area contributed by atoms with Crippen LogP contribution in [0.4, 0.5) is 0 Å². The lowest BCUT2D eigenvalue weighted by Crippen LogP contribution is -2.45. The zero-order valence-electron chi connectivity index (χ0n) is 13.3. The van der Waals surface area contributed by atoms with Crippen LogP contribution in [-0.2, 0) is 4.79 Å². The Hall–Kier alpha value is -2.21. The van der Waals surface area contributed by atoms with Gasteiger partial charge in [-0.25, -0.2) is 0 Å². The molecule has 1 aromatic carbocycles. The molecule has 2 amide bonds. The monoisotopic (exact) mass is 332 g/mol. The van der Waals surface area contributed by atoms with E-state index >= 15 is 0 Å². The maximum atomic E-state index is 12.2. The predicted octanol–water partition coefficient (Wildman–Crippen LogP) is 3.00. The highest BCUT2D eigenvalue weighted by Crippen LogP contribution is 2.18. The summed E-state index contributed by atoms with van der Waals surface area (Å²) < 4.78 is 4.86. The van der Waals surface area contributed by atoms with Gasteiger partial charge in [0.05, 0.1) is 17.9 Å². The molecule has 0 aliphatic rings. The van der Waals surface area contributed by atoms with E-state index < -0.39 is 6.04 Å². The van der Waals surface area contributed by atoms with Gasteiger partial charge in [-0.15, -0.1) is 11.8 Å². The molecule has 6 heteroatoms.